The third-order valence-corrected chi connectivity index (χ3v) is 6.34. The molecule has 0 atom stereocenters. The molecule has 3 heterocycles. The van der Waals surface area contributed by atoms with Crippen molar-refractivity contribution in [2.45, 2.75) is 6.04 Å². The molecule has 0 bridgehead atoms. The Labute approximate surface area is 185 Å². The lowest BCUT2D eigenvalue weighted by Gasteiger charge is -2.43. The predicted octanol–water partition coefficient (Wildman–Crippen LogP) is 4.87. The highest BCUT2D eigenvalue weighted by Gasteiger charge is 2.38. The number of anilines is 1. The number of benzene rings is 2. The molecule has 1 amide bonds. The third-order valence-electron chi connectivity index (χ3n) is 5.59. The van der Waals surface area contributed by atoms with Gasteiger partial charge in [0.1, 0.15) is 0 Å². The minimum atomic E-state index is -0.0387. The molecule has 5 nitrogen and oxygen atoms in total. The monoisotopic (exact) mass is 426 g/mol. The van der Waals surface area contributed by atoms with Gasteiger partial charge < -0.3 is 5.32 Å². The second-order valence-corrected chi connectivity index (χ2v) is 8.50. The molecule has 2 aromatic heterocycles. The van der Waals surface area contributed by atoms with Crippen molar-refractivity contribution in [3.8, 4) is 11.3 Å². The zero-order valence-electron chi connectivity index (χ0n) is 16.9. The van der Waals surface area contributed by atoms with Crippen LogP contribution in [0.5, 0.6) is 0 Å². The van der Waals surface area contributed by atoms with Gasteiger partial charge in [-0.05, 0) is 23.3 Å². The van der Waals surface area contributed by atoms with Crippen LogP contribution in [0.25, 0.3) is 11.3 Å². The molecular formula is C25H22N4OS. The first kappa shape index (κ1) is 19.6. The van der Waals surface area contributed by atoms with E-state index in [-0.39, 0.29) is 17.9 Å². The van der Waals surface area contributed by atoms with Crippen LogP contribution in [0, 0.1) is 5.92 Å². The van der Waals surface area contributed by atoms with E-state index in [0.717, 1.165) is 24.3 Å². The van der Waals surface area contributed by atoms with Gasteiger partial charge in [-0.1, -0.05) is 60.7 Å². The normalized spacial score (nSPS) is 14.4. The number of thiazole rings is 1. The first-order chi connectivity index (χ1) is 15.3. The molecule has 0 saturated carbocycles. The van der Waals surface area contributed by atoms with Gasteiger partial charge in [-0.15, -0.1) is 11.3 Å². The van der Waals surface area contributed by atoms with Crippen LogP contribution >= 0.6 is 11.3 Å². The van der Waals surface area contributed by atoms with E-state index < -0.39 is 0 Å². The number of carbonyl (C=O) groups is 1. The van der Waals surface area contributed by atoms with Crippen LogP contribution in [0.2, 0.25) is 0 Å². The smallest absolute Gasteiger partial charge is 0.231 e. The SMILES string of the molecule is O=C(Nc1nc(-c2ccncc2)cs1)C1CN(C(c2ccccc2)c2ccccc2)C1. The number of hydrogen-bond acceptors (Lipinski definition) is 5. The van der Waals surface area contributed by atoms with Crippen molar-refractivity contribution in [3.05, 3.63) is 102 Å². The summed E-state index contributed by atoms with van der Waals surface area (Å²) in [5.41, 5.74) is 4.34. The number of aromatic nitrogens is 2. The maximum Gasteiger partial charge on any atom is 0.231 e. The summed E-state index contributed by atoms with van der Waals surface area (Å²) < 4.78 is 0. The fraction of sp³-hybridized carbons (Fsp3) is 0.160. The molecule has 4 aromatic rings. The molecule has 1 N–H and O–H groups in total. The summed E-state index contributed by atoms with van der Waals surface area (Å²) in [5.74, 6) is -0.00467. The lowest BCUT2D eigenvalue weighted by molar-refractivity contribution is -0.125. The predicted molar refractivity (Wildman–Crippen MR) is 124 cm³/mol. The lowest BCUT2D eigenvalue weighted by atomic mass is 9.90. The number of pyridine rings is 1. The van der Waals surface area contributed by atoms with Gasteiger partial charge in [-0.2, -0.15) is 0 Å². The zero-order chi connectivity index (χ0) is 21.0. The molecule has 0 spiro atoms. The van der Waals surface area contributed by atoms with Crippen LogP contribution in [0.3, 0.4) is 0 Å². The van der Waals surface area contributed by atoms with Crippen molar-refractivity contribution in [1.29, 1.82) is 0 Å². The topological polar surface area (TPSA) is 58.1 Å². The summed E-state index contributed by atoms with van der Waals surface area (Å²) in [4.78, 5) is 23.8. The molecule has 1 saturated heterocycles. The Morgan fingerprint density at radius 1 is 0.935 bits per heavy atom. The van der Waals surface area contributed by atoms with Gasteiger partial charge in [0.15, 0.2) is 5.13 Å². The molecule has 5 rings (SSSR count). The van der Waals surface area contributed by atoms with E-state index in [9.17, 15) is 4.79 Å². The third kappa shape index (κ3) is 4.26. The first-order valence-corrected chi connectivity index (χ1v) is 11.2. The largest absolute Gasteiger partial charge is 0.302 e. The van der Waals surface area contributed by atoms with E-state index in [0.29, 0.717) is 5.13 Å². The van der Waals surface area contributed by atoms with Crippen LogP contribution in [0.15, 0.2) is 90.6 Å². The quantitative estimate of drug-likeness (QED) is 0.478. The number of nitrogens with one attached hydrogen (secondary N) is 1. The number of amides is 1. The number of nitrogens with zero attached hydrogens (tertiary/aromatic N) is 3. The van der Waals surface area contributed by atoms with Crippen LogP contribution in [0.4, 0.5) is 5.13 Å². The van der Waals surface area contributed by atoms with Crippen molar-refractivity contribution >= 4 is 22.4 Å². The standard InChI is InChI=1S/C25H22N4OS/c30-24(28-25-27-22(17-31-25)18-11-13-26-14-12-18)21-15-29(16-21)23(19-7-3-1-4-8-19)20-9-5-2-6-10-20/h1-14,17,21,23H,15-16H2,(H,27,28,30). The summed E-state index contributed by atoms with van der Waals surface area (Å²) in [5, 5.41) is 5.59. The van der Waals surface area contributed by atoms with Crippen molar-refractivity contribution in [2.24, 2.45) is 5.92 Å². The summed E-state index contributed by atoms with van der Waals surface area (Å²) in [6.45, 7) is 1.45. The second-order valence-electron chi connectivity index (χ2n) is 7.64. The Morgan fingerprint density at radius 2 is 1.55 bits per heavy atom. The summed E-state index contributed by atoms with van der Waals surface area (Å²) >= 11 is 1.45. The zero-order valence-corrected chi connectivity index (χ0v) is 17.7. The van der Waals surface area contributed by atoms with E-state index in [1.165, 1.54) is 22.5 Å². The van der Waals surface area contributed by atoms with Crippen molar-refractivity contribution in [1.82, 2.24) is 14.9 Å². The average Bonchev–Trinajstić information content (AvgIpc) is 3.26. The van der Waals surface area contributed by atoms with E-state index >= 15 is 0 Å². The minimum Gasteiger partial charge on any atom is -0.302 e. The Balaban J connectivity index is 1.25. The summed E-state index contributed by atoms with van der Waals surface area (Å²) in [7, 11) is 0. The molecule has 31 heavy (non-hydrogen) atoms. The average molecular weight is 427 g/mol. The van der Waals surface area contributed by atoms with E-state index in [4.69, 9.17) is 0 Å². The second kappa shape index (κ2) is 8.79. The number of hydrogen-bond donors (Lipinski definition) is 1. The molecule has 154 valence electrons. The summed E-state index contributed by atoms with van der Waals surface area (Å²) in [6, 6.07) is 24.9. The molecule has 1 aliphatic rings. The summed E-state index contributed by atoms with van der Waals surface area (Å²) in [6.07, 6.45) is 3.48. The van der Waals surface area contributed by atoms with E-state index in [2.05, 4.69) is 68.7 Å². The fourth-order valence-corrected chi connectivity index (χ4v) is 4.69. The van der Waals surface area contributed by atoms with Crippen molar-refractivity contribution < 1.29 is 4.79 Å². The molecule has 0 unspecified atom stereocenters. The molecule has 1 fully saturated rings. The van der Waals surface area contributed by atoms with Gasteiger partial charge in [-0.25, -0.2) is 4.98 Å². The van der Waals surface area contributed by atoms with Crippen LogP contribution in [-0.4, -0.2) is 33.9 Å². The van der Waals surface area contributed by atoms with Gasteiger partial charge in [0.05, 0.1) is 17.7 Å². The van der Waals surface area contributed by atoms with Gasteiger partial charge in [0.25, 0.3) is 0 Å². The van der Waals surface area contributed by atoms with E-state index in [1.807, 2.05) is 29.6 Å². The molecule has 6 heteroatoms. The number of likely N-dealkylation sites (tertiary alicyclic amines) is 1. The Morgan fingerprint density at radius 3 is 2.16 bits per heavy atom. The maximum absolute atomic E-state index is 12.8. The van der Waals surface area contributed by atoms with Gasteiger partial charge in [0.2, 0.25) is 5.91 Å². The molecular weight excluding hydrogens is 404 g/mol. The van der Waals surface area contributed by atoms with Crippen molar-refractivity contribution in [3.63, 3.8) is 0 Å². The molecule has 2 aromatic carbocycles. The molecule has 0 aliphatic carbocycles. The number of rotatable bonds is 6. The van der Waals surface area contributed by atoms with E-state index in [1.54, 1.807) is 12.4 Å². The lowest BCUT2D eigenvalue weighted by Crippen LogP contribution is -2.53. The Hall–Kier alpha value is -3.35. The minimum absolute atomic E-state index is 0.0340. The highest BCUT2D eigenvalue weighted by atomic mass is 32.1. The molecule has 1 aliphatic heterocycles. The van der Waals surface area contributed by atoms with Gasteiger partial charge in [-0.3, -0.25) is 14.7 Å². The molecule has 0 radical (unpaired) electrons. The van der Waals surface area contributed by atoms with Crippen molar-refractivity contribution in [2.75, 3.05) is 18.4 Å². The maximum atomic E-state index is 12.8. The van der Waals surface area contributed by atoms with Gasteiger partial charge >= 0.3 is 0 Å². The van der Waals surface area contributed by atoms with Gasteiger partial charge in [0, 0.05) is 36.4 Å². The highest BCUT2D eigenvalue weighted by Crippen LogP contribution is 2.35. The number of carbonyl (C=O) groups excluding carboxylic acids is 1. The Kier molecular flexibility index (Phi) is 5.56. The highest BCUT2D eigenvalue weighted by molar-refractivity contribution is 7.14. The first-order valence-electron chi connectivity index (χ1n) is 10.3. The van der Waals surface area contributed by atoms with Crippen LogP contribution in [0.1, 0.15) is 17.2 Å². The van der Waals surface area contributed by atoms with Crippen LogP contribution < -0.4 is 5.32 Å². The fourth-order valence-electron chi connectivity index (χ4n) is 3.97. The Bertz CT molecular complexity index is 1100. The van der Waals surface area contributed by atoms with Crippen LogP contribution in [-0.2, 0) is 4.79 Å².